The highest BCUT2D eigenvalue weighted by atomic mass is 16.5. The summed E-state index contributed by atoms with van der Waals surface area (Å²) >= 11 is 0. The predicted molar refractivity (Wildman–Crippen MR) is 106 cm³/mol. The first kappa shape index (κ1) is 16.9. The first-order valence-corrected chi connectivity index (χ1v) is 8.56. The van der Waals surface area contributed by atoms with Gasteiger partial charge in [0.25, 0.3) is 0 Å². The van der Waals surface area contributed by atoms with Crippen molar-refractivity contribution < 1.29 is 13.9 Å². The number of fused-ring (bicyclic) bond motifs is 1. The number of para-hydroxylation sites is 1. The molecule has 134 valence electrons. The maximum atomic E-state index is 12.9. The Morgan fingerprint density at radius 3 is 1.74 bits per heavy atom. The summed E-state index contributed by atoms with van der Waals surface area (Å²) in [5.41, 5.74) is 3.26. The molecule has 0 N–H and O–H groups in total. The van der Waals surface area contributed by atoms with Crippen molar-refractivity contribution in [3.8, 4) is 33.8 Å². The Morgan fingerprint density at radius 2 is 1.19 bits per heavy atom. The summed E-state index contributed by atoms with van der Waals surface area (Å²) in [4.78, 5) is 12.9. The van der Waals surface area contributed by atoms with Crippen LogP contribution in [-0.4, -0.2) is 14.2 Å². The number of rotatable bonds is 4. The molecule has 0 aliphatic rings. The summed E-state index contributed by atoms with van der Waals surface area (Å²) in [5.74, 6) is 1.49. The molecule has 0 aliphatic carbocycles. The summed E-state index contributed by atoms with van der Waals surface area (Å²) in [6, 6.07) is 22.6. The number of methoxy groups -OCH3 is 2. The van der Waals surface area contributed by atoms with Gasteiger partial charge >= 0.3 is 5.63 Å². The minimum Gasteiger partial charge on any atom is -0.497 e. The van der Waals surface area contributed by atoms with Crippen LogP contribution in [0.1, 0.15) is 0 Å². The van der Waals surface area contributed by atoms with Crippen LogP contribution in [-0.2, 0) is 0 Å². The lowest BCUT2D eigenvalue weighted by Crippen LogP contribution is -2.06. The molecule has 0 atom stereocenters. The molecule has 0 saturated heterocycles. The Kier molecular flexibility index (Phi) is 4.38. The van der Waals surface area contributed by atoms with E-state index < -0.39 is 0 Å². The van der Waals surface area contributed by atoms with Gasteiger partial charge in [0.15, 0.2) is 0 Å². The van der Waals surface area contributed by atoms with Crippen molar-refractivity contribution in [2.75, 3.05) is 14.2 Å². The van der Waals surface area contributed by atoms with Crippen molar-refractivity contribution in [3.63, 3.8) is 0 Å². The third kappa shape index (κ3) is 3.06. The molecule has 0 spiro atoms. The maximum Gasteiger partial charge on any atom is 0.344 e. The Hall–Kier alpha value is -3.53. The van der Waals surface area contributed by atoms with Gasteiger partial charge in [-0.15, -0.1) is 0 Å². The lowest BCUT2D eigenvalue weighted by molar-refractivity contribution is 0.414. The zero-order valence-corrected chi connectivity index (χ0v) is 15.1. The molecule has 27 heavy (non-hydrogen) atoms. The topological polar surface area (TPSA) is 48.7 Å². The van der Waals surface area contributed by atoms with E-state index in [1.807, 2.05) is 72.8 Å². The largest absolute Gasteiger partial charge is 0.497 e. The number of benzene rings is 3. The van der Waals surface area contributed by atoms with E-state index in [9.17, 15) is 4.79 Å². The van der Waals surface area contributed by atoms with Gasteiger partial charge in [-0.05, 0) is 41.5 Å². The zero-order chi connectivity index (χ0) is 18.8. The number of hydrogen-bond acceptors (Lipinski definition) is 4. The summed E-state index contributed by atoms with van der Waals surface area (Å²) < 4.78 is 16.1. The molecule has 0 fully saturated rings. The minimum atomic E-state index is -0.371. The second-order valence-corrected chi connectivity index (χ2v) is 6.09. The predicted octanol–water partition coefficient (Wildman–Crippen LogP) is 5.14. The Balaban J connectivity index is 2.04. The van der Waals surface area contributed by atoms with Crippen LogP contribution in [0.3, 0.4) is 0 Å². The summed E-state index contributed by atoms with van der Waals surface area (Å²) in [5, 5.41) is 0.882. The van der Waals surface area contributed by atoms with Gasteiger partial charge in [0.05, 0.1) is 19.8 Å². The second kappa shape index (κ2) is 7.00. The van der Waals surface area contributed by atoms with Gasteiger partial charge in [-0.2, -0.15) is 0 Å². The van der Waals surface area contributed by atoms with Crippen molar-refractivity contribution in [2.45, 2.75) is 0 Å². The summed E-state index contributed by atoms with van der Waals surface area (Å²) in [6.45, 7) is 0. The lowest BCUT2D eigenvalue weighted by Gasteiger charge is -2.13. The molecule has 0 radical (unpaired) electrons. The van der Waals surface area contributed by atoms with E-state index in [1.165, 1.54) is 0 Å². The molecule has 4 heteroatoms. The van der Waals surface area contributed by atoms with Gasteiger partial charge in [0, 0.05) is 10.9 Å². The van der Waals surface area contributed by atoms with Crippen molar-refractivity contribution >= 4 is 11.0 Å². The van der Waals surface area contributed by atoms with Gasteiger partial charge in [0.2, 0.25) is 0 Å². The van der Waals surface area contributed by atoms with Gasteiger partial charge < -0.3 is 13.9 Å². The molecule has 4 nitrogen and oxygen atoms in total. The Labute approximate surface area is 156 Å². The normalized spacial score (nSPS) is 10.7. The molecule has 3 aromatic carbocycles. The molecule has 0 bridgehead atoms. The zero-order valence-electron chi connectivity index (χ0n) is 15.1. The molecular formula is C23H18O4. The highest BCUT2D eigenvalue weighted by Crippen LogP contribution is 2.36. The fourth-order valence-corrected chi connectivity index (χ4v) is 3.23. The molecule has 1 aromatic heterocycles. The molecular weight excluding hydrogens is 340 g/mol. The van der Waals surface area contributed by atoms with E-state index in [0.29, 0.717) is 11.1 Å². The summed E-state index contributed by atoms with van der Waals surface area (Å²) in [7, 11) is 3.24. The fourth-order valence-electron chi connectivity index (χ4n) is 3.23. The molecule has 0 saturated carbocycles. The number of hydrogen-bond donors (Lipinski definition) is 0. The monoisotopic (exact) mass is 358 g/mol. The molecule has 1 heterocycles. The van der Waals surface area contributed by atoms with Crippen molar-refractivity contribution in [3.05, 3.63) is 83.2 Å². The molecule has 4 aromatic rings. The quantitative estimate of drug-likeness (QED) is 0.474. The third-order valence-electron chi connectivity index (χ3n) is 4.57. The standard InChI is InChI=1S/C23H18O4/c1-25-17-11-7-15(8-12-17)21-19-5-3-4-6-20(19)27-23(24)22(21)16-9-13-18(26-2)14-10-16/h3-14H,1-2H3. The van der Waals surface area contributed by atoms with E-state index in [-0.39, 0.29) is 5.63 Å². The van der Waals surface area contributed by atoms with E-state index in [4.69, 9.17) is 13.9 Å². The molecule has 0 unspecified atom stereocenters. The van der Waals surface area contributed by atoms with Gasteiger partial charge in [-0.1, -0.05) is 42.5 Å². The lowest BCUT2D eigenvalue weighted by atomic mass is 9.93. The van der Waals surface area contributed by atoms with Crippen molar-refractivity contribution in [1.29, 1.82) is 0 Å². The Bertz CT molecular complexity index is 1140. The average molecular weight is 358 g/mol. The second-order valence-electron chi connectivity index (χ2n) is 6.09. The van der Waals surface area contributed by atoms with E-state index >= 15 is 0 Å². The van der Waals surface area contributed by atoms with E-state index in [0.717, 1.165) is 33.6 Å². The van der Waals surface area contributed by atoms with Gasteiger partial charge in [-0.3, -0.25) is 0 Å². The first-order valence-electron chi connectivity index (χ1n) is 8.56. The average Bonchev–Trinajstić information content (AvgIpc) is 2.73. The van der Waals surface area contributed by atoms with Crippen molar-refractivity contribution in [2.24, 2.45) is 0 Å². The maximum absolute atomic E-state index is 12.9. The van der Waals surface area contributed by atoms with Gasteiger partial charge in [0.1, 0.15) is 17.1 Å². The van der Waals surface area contributed by atoms with Crippen LogP contribution in [0.2, 0.25) is 0 Å². The summed E-state index contributed by atoms with van der Waals surface area (Å²) in [6.07, 6.45) is 0. The highest BCUT2D eigenvalue weighted by Gasteiger charge is 2.18. The van der Waals surface area contributed by atoms with Crippen LogP contribution in [0.25, 0.3) is 33.2 Å². The van der Waals surface area contributed by atoms with Crippen LogP contribution in [0, 0.1) is 0 Å². The third-order valence-corrected chi connectivity index (χ3v) is 4.57. The fraction of sp³-hybridized carbons (Fsp3) is 0.0870. The molecule has 4 rings (SSSR count). The molecule has 0 aliphatic heterocycles. The Morgan fingerprint density at radius 1 is 0.667 bits per heavy atom. The van der Waals surface area contributed by atoms with Crippen LogP contribution in [0.4, 0.5) is 0 Å². The first-order chi connectivity index (χ1) is 13.2. The minimum absolute atomic E-state index is 0.371. The van der Waals surface area contributed by atoms with Crippen LogP contribution in [0.5, 0.6) is 11.5 Å². The molecule has 0 amide bonds. The van der Waals surface area contributed by atoms with E-state index in [2.05, 4.69) is 0 Å². The van der Waals surface area contributed by atoms with Gasteiger partial charge in [-0.25, -0.2) is 4.79 Å². The van der Waals surface area contributed by atoms with E-state index in [1.54, 1.807) is 14.2 Å². The highest BCUT2D eigenvalue weighted by molar-refractivity contribution is 6.01. The number of ether oxygens (including phenoxy) is 2. The SMILES string of the molecule is COc1ccc(-c2c(-c3ccc(OC)cc3)c3ccccc3oc2=O)cc1. The van der Waals surface area contributed by atoms with Crippen molar-refractivity contribution in [1.82, 2.24) is 0 Å². The van der Waals surface area contributed by atoms with Crippen LogP contribution < -0.4 is 15.1 Å². The van der Waals surface area contributed by atoms with Crippen LogP contribution in [0.15, 0.2) is 82.0 Å². The smallest absolute Gasteiger partial charge is 0.344 e. The van der Waals surface area contributed by atoms with Crippen LogP contribution >= 0.6 is 0 Å².